The number of benzene rings is 1. The number of hydrogen-bond acceptors (Lipinski definition) is 2. The minimum atomic E-state index is -0.156. The Balaban J connectivity index is 1.88. The highest BCUT2D eigenvalue weighted by Crippen LogP contribution is 2.27. The molecule has 1 aliphatic rings. The predicted octanol–water partition coefficient (Wildman–Crippen LogP) is 2.24. The Hall–Kier alpha value is -1.61. The smallest absolute Gasteiger partial charge is 0.246 e. The number of rotatable bonds is 4. The molecule has 1 N–H and O–H groups in total. The Morgan fingerprint density at radius 2 is 2.11 bits per heavy atom. The van der Waals surface area contributed by atoms with Crippen LogP contribution in [0.5, 0.6) is 0 Å². The van der Waals surface area contributed by atoms with Gasteiger partial charge in [-0.15, -0.1) is 0 Å². The van der Waals surface area contributed by atoms with Gasteiger partial charge in [0.05, 0.1) is 6.10 Å². The third-order valence-electron chi connectivity index (χ3n) is 3.71. The molecule has 0 aliphatic heterocycles. The Kier molecular flexibility index (Phi) is 4.38. The number of aliphatic hydroxyl groups is 1. The van der Waals surface area contributed by atoms with E-state index in [0.717, 1.165) is 30.5 Å². The van der Waals surface area contributed by atoms with Crippen molar-refractivity contribution in [3.63, 3.8) is 0 Å². The van der Waals surface area contributed by atoms with Crippen LogP contribution in [-0.4, -0.2) is 35.6 Å². The molecular formula is C16H21NO2. The highest BCUT2D eigenvalue weighted by molar-refractivity contribution is 5.91. The van der Waals surface area contributed by atoms with E-state index in [-0.39, 0.29) is 12.0 Å². The molecule has 19 heavy (non-hydrogen) atoms. The summed E-state index contributed by atoms with van der Waals surface area (Å²) in [4.78, 5) is 13.7. The van der Waals surface area contributed by atoms with Gasteiger partial charge in [0.25, 0.3) is 0 Å². The molecular weight excluding hydrogens is 238 g/mol. The number of aliphatic hydroxyl groups excluding tert-OH is 1. The van der Waals surface area contributed by atoms with Gasteiger partial charge in [0.2, 0.25) is 5.91 Å². The van der Waals surface area contributed by atoms with Gasteiger partial charge in [0.1, 0.15) is 0 Å². The maximum Gasteiger partial charge on any atom is 0.246 e. The number of carbonyl (C=O) groups is 1. The number of likely N-dealkylation sites (N-methyl/N-ethyl adjacent to an activating group) is 1. The SMILES string of the molecule is Cc1ccccc1C=CC(=O)N(C)CC1CC(O)C1. The van der Waals surface area contributed by atoms with Crippen molar-refractivity contribution in [3.8, 4) is 0 Å². The molecule has 1 fully saturated rings. The second kappa shape index (κ2) is 6.02. The van der Waals surface area contributed by atoms with Gasteiger partial charge in [-0.2, -0.15) is 0 Å². The van der Waals surface area contributed by atoms with Crippen molar-refractivity contribution >= 4 is 12.0 Å². The Bertz CT molecular complexity index is 475. The summed E-state index contributed by atoms with van der Waals surface area (Å²) >= 11 is 0. The van der Waals surface area contributed by atoms with E-state index >= 15 is 0 Å². The van der Waals surface area contributed by atoms with Crippen molar-refractivity contribution in [2.24, 2.45) is 5.92 Å². The van der Waals surface area contributed by atoms with Crippen LogP contribution < -0.4 is 0 Å². The highest BCUT2D eigenvalue weighted by atomic mass is 16.3. The molecule has 0 aromatic heterocycles. The lowest BCUT2D eigenvalue weighted by atomic mass is 9.82. The number of nitrogens with zero attached hydrogens (tertiary/aromatic N) is 1. The van der Waals surface area contributed by atoms with Crippen LogP contribution >= 0.6 is 0 Å². The molecule has 3 nitrogen and oxygen atoms in total. The molecule has 3 heteroatoms. The second-order valence-corrected chi connectivity index (χ2v) is 5.40. The Labute approximate surface area is 114 Å². The van der Waals surface area contributed by atoms with Crippen molar-refractivity contribution in [2.75, 3.05) is 13.6 Å². The normalized spacial score (nSPS) is 22.3. The maximum absolute atomic E-state index is 12.0. The van der Waals surface area contributed by atoms with Crippen LogP contribution in [0.3, 0.4) is 0 Å². The first-order chi connectivity index (χ1) is 9.06. The first-order valence-electron chi connectivity index (χ1n) is 6.73. The van der Waals surface area contributed by atoms with Gasteiger partial charge in [-0.05, 0) is 42.9 Å². The number of carbonyl (C=O) groups excluding carboxylic acids is 1. The zero-order valence-electron chi connectivity index (χ0n) is 11.5. The summed E-state index contributed by atoms with van der Waals surface area (Å²) in [7, 11) is 1.81. The summed E-state index contributed by atoms with van der Waals surface area (Å²) in [6.45, 7) is 2.76. The van der Waals surface area contributed by atoms with Crippen LogP contribution in [0.15, 0.2) is 30.3 Å². The van der Waals surface area contributed by atoms with Gasteiger partial charge < -0.3 is 10.0 Å². The summed E-state index contributed by atoms with van der Waals surface area (Å²) in [6.07, 6.45) is 4.97. The third-order valence-corrected chi connectivity index (χ3v) is 3.71. The van der Waals surface area contributed by atoms with E-state index in [2.05, 4.69) is 0 Å². The molecule has 0 atom stereocenters. The molecule has 0 saturated heterocycles. The van der Waals surface area contributed by atoms with Crippen molar-refractivity contribution in [2.45, 2.75) is 25.9 Å². The summed E-state index contributed by atoms with van der Waals surface area (Å²) in [6, 6.07) is 7.99. The van der Waals surface area contributed by atoms with Gasteiger partial charge in [-0.25, -0.2) is 0 Å². The number of amides is 1. The van der Waals surface area contributed by atoms with Crippen LogP contribution in [0, 0.1) is 12.8 Å². The van der Waals surface area contributed by atoms with E-state index in [4.69, 9.17) is 0 Å². The Morgan fingerprint density at radius 1 is 1.42 bits per heavy atom. The quantitative estimate of drug-likeness (QED) is 0.842. The first kappa shape index (κ1) is 13.8. The summed E-state index contributed by atoms with van der Waals surface area (Å²) in [5.41, 5.74) is 2.24. The van der Waals surface area contributed by atoms with Crippen molar-refractivity contribution in [1.29, 1.82) is 0 Å². The minimum absolute atomic E-state index is 0.0182. The highest BCUT2D eigenvalue weighted by Gasteiger charge is 2.28. The van der Waals surface area contributed by atoms with E-state index in [9.17, 15) is 9.90 Å². The minimum Gasteiger partial charge on any atom is -0.393 e. The van der Waals surface area contributed by atoms with Gasteiger partial charge in [-0.3, -0.25) is 4.79 Å². The molecule has 0 spiro atoms. The van der Waals surface area contributed by atoms with Crippen LogP contribution in [-0.2, 0) is 4.79 Å². The van der Waals surface area contributed by atoms with Gasteiger partial charge in [-0.1, -0.05) is 24.3 Å². The molecule has 0 bridgehead atoms. The molecule has 1 aromatic carbocycles. The van der Waals surface area contributed by atoms with E-state index in [1.807, 2.05) is 44.3 Å². The van der Waals surface area contributed by atoms with E-state index in [1.165, 1.54) is 0 Å². The first-order valence-corrected chi connectivity index (χ1v) is 6.73. The topological polar surface area (TPSA) is 40.5 Å². The number of hydrogen-bond donors (Lipinski definition) is 1. The summed E-state index contributed by atoms with van der Waals surface area (Å²) in [5, 5.41) is 9.23. The lowest BCUT2D eigenvalue weighted by Gasteiger charge is -2.34. The molecule has 0 heterocycles. The van der Waals surface area contributed by atoms with Crippen molar-refractivity contribution in [3.05, 3.63) is 41.5 Å². The lowest BCUT2D eigenvalue weighted by Crippen LogP contribution is -2.38. The van der Waals surface area contributed by atoms with Crippen molar-refractivity contribution in [1.82, 2.24) is 4.90 Å². The fourth-order valence-corrected chi connectivity index (χ4v) is 2.39. The van der Waals surface area contributed by atoms with Gasteiger partial charge in [0, 0.05) is 19.7 Å². The van der Waals surface area contributed by atoms with E-state index in [1.54, 1.807) is 11.0 Å². The van der Waals surface area contributed by atoms with E-state index < -0.39 is 0 Å². The van der Waals surface area contributed by atoms with E-state index in [0.29, 0.717) is 5.92 Å². The zero-order chi connectivity index (χ0) is 13.8. The van der Waals surface area contributed by atoms with Gasteiger partial charge >= 0.3 is 0 Å². The van der Waals surface area contributed by atoms with Crippen LogP contribution in [0.2, 0.25) is 0 Å². The fourth-order valence-electron chi connectivity index (χ4n) is 2.39. The standard InChI is InChI=1S/C16H21NO2/c1-12-5-3-4-6-14(12)7-8-16(19)17(2)11-13-9-15(18)10-13/h3-8,13,15,18H,9-11H2,1-2H3. The maximum atomic E-state index is 12.0. The van der Waals surface area contributed by atoms with Crippen LogP contribution in [0.1, 0.15) is 24.0 Å². The summed E-state index contributed by atoms with van der Waals surface area (Å²) < 4.78 is 0. The molecule has 1 aliphatic carbocycles. The van der Waals surface area contributed by atoms with Crippen LogP contribution in [0.25, 0.3) is 6.08 Å². The average Bonchev–Trinajstić information content (AvgIpc) is 2.35. The fraction of sp³-hybridized carbons (Fsp3) is 0.438. The largest absolute Gasteiger partial charge is 0.393 e. The molecule has 1 aromatic rings. The zero-order valence-corrected chi connectivity index (χ0v) is 11.5. The number of aryl methyl sites for hydroxylation is 1. The molecule has 1 amide bonds. The average molecular weight is 259 g/mol. The molecule has 0 unspecified atom stereocenters. The molecule has 0 radical (unpaired) electrons. The third kappa shape index (κ3) is 3.67. The van der Waals surface area contributed by atoms with Gasteiger partial charge in [0.15, 0.2) is 0 Å². The summed E-state index contributed by atoms with van der Waals surface area (Å²) in [5.74, 6) is 0.473. The predicted molar refractivity (Wildman–Crippen MR) is 76.6 cm³/mol. The second-order valence-electron chi connectivity index (χ2n) is 5.40. The monoisotopic (exact) mass is 259 g/mol. The molecule has 102 valence electrons. The Morgan fingerprint density at radius 3 is 2.74 bits per heavy atom. The molecule has 1 saturated carbocycles. The van der Waals surface area contributed by atoms with Crippen molar-refractivity contribution < 1.29 is 9.90 Å². The van der Waals surface area contributed by atoms with Crippen LogP contribution in [0.4, 0.5) is 0 Å². The molecule has 2 rings (SSSR count). The lowest BCUT2D eigenvalue weighted by molar-refractivity contribution is -0.126.